The third-order valence-corrected chi connectivity index (χ3v) is 4.73. The highest BCUT2D eigenvalue weighted by Crippen LogP contribution is 2.40. The minimum atomic E-state index is -3.53. The number of hydrogen-bond donors (Lipinski definition) is 0. The molecule has 6 heteroatoms. The van der Waals surface area contributed by atoms with Crippen molar-refractivity contribution in [2.24, 2.45) is 5.92 Å². The van der Waals surface area contributed by atoms with Gasteiger partial charge in [0, 0.05) is 11.8 Å². The van der Waals surface area contributed by atoms with Gasteiger partial charge in [0.1, 0.15) is 11.5 Å². The molecular weight excluding hydrogens is 304 g/mol. The van der Waals surface area contributed by atoms with Gasteiger partial charge in [-0.15, -0.1) is 0 Å². The van der Waals surface area contributed by atoms with Crippen molar-refractivity contribution in [1.82, 2.24) is 0 Å². The molecule has 1 aromatic rings. The van der Waals surface area contributed by atoms with E-state index >= 15 is 0 Å². The van der Waals surface area contributed by atoms with Crippen LogP contribution in [0.2, 0.25) is 0 Å². The molecule has 0 bridgehead atoms. The molecule has 1 aliphatic carbocycles. The van der Waals surface area contributed by atoms with Crippen molar-refractivity contribution in [3.05, 3.63) is 29.3 Å². The van der Waals surface area contributed by atoms with Crippen LogP contribution < -0.4 is 4.74 Å². The van der Waals surface area contributed by atoms with Gasteiger partial charge in [-0.3, -0.25) is 8.98 Å². The highest BCUT2D eigenvalue weighted by Gasteiger charge is 2.34. The molecular formula is C16H22O5S. The van der Waals surface area contributed by atoms with Gasteiger partial charge >= 0.3 is 0 Å². The third kappa shape index (κ3) is 3.67. The van der Waals surface area contributed by atoms with Gasteiger partial charge in [0.25, 0.3) is 10.1 Å². The number of fused-ring (bicyclic) bond motifs is 1. The largest absolute Gasteiger partial charge is 0.496 e. The molecule has 0 saturated carbocycles. The van der Waals surface area contributed by atoms with Gasteiger partial charge < -0.3 is 4.74 Å². The van der Waals surface area contributed by atoms with E-state index in [0.717, 1.165) is 36.0 Å². The van der Waals surface area contributed by atoms with E-state index in [-0.39, 0.29) is 18.3 Å². The van der Waals surface area contributed by atoms with Crippen LogP contribution in [0.1, 0.15) is 36.8 Å². The zero-order valence-electron chi connectivity index (χ0n) is 13.2. The van der Waals surface area contributed by atoms with E-state index < -0.39 is 16.0 Å². The molecule has 0 aromatic heterocycles. The zero-order valence-corrected chi connectivity index (χ0v) is 14.0. The molecule has 2 rings (SSSR count). The average molecular weight is 326 g/mol. The van der Waals surface area contributed by atoms with Crippen LogP contribution in [0.15, 0.2) is 18.2 Å². The van der Waals surface area contributed by atoms with Crippen molar-refractivity contribution in [2.45, 2.75) is 32.1 Å². The predicted octanol–water partition coefficient (Wildman–Crippen LogP) is 2.30. The summed E-state index contributed by atoms with van der Waals surface area (Å²) in [5, 5.41) is 0. The molecule has 1 aromatic carbocycles. The second-order valence-corrected chi connectivity index (χ2v) is 7.26. The van der Waals surface area contributed by atoms with E-state index in [1.807, 2.05) is 25.1 Å². The van der Waals surface area contributed by atoms with E-state index in [2.05, 4.69) is 0 Å². The van der Waals surface area contributed by atoms with Crippen LogP contribution in [0.4, 0.5) is 0 Å². The van der Waals surface area contributed by atoms with Crippen molar-refractivity contribution < 1.29 is 22.1 Å². The number of ketones is 1. The van der Waals surface area contributed by atoms with Crippen LogP contribution in [0.3, 0.4) is 0 Å². The maximum Gasteiger partial charge on any atom is 0.264 e. The van der Waals surface area contributed by atoms with Gasteiger partial charge in [0.05, 0.1) is 20.0 Å². The van der Waals surface area contributed by atoms with Crippen LogP contribution in [0.25, 0.3) is 0 Å². The maximum atomic E-state index is 12.7. The number of methoxy groups -OCH3 is 1. The summed E-state index contributed by atoms with van der Waals surface area (Å²) in [6.45, 7) is 1.79. The molecule has 0 amide bonds. The molecule has 0 fully saturated rings. The van der Waals surface area contributed by atoms with E-state index in [1.165, 1.54) is 0 Å². The topological polar surface area (TPSA) is 69.7 Å². The Hall–Kier alpha value is -1.40. The van der Waals surface area contributed by atoms with Crippen LogP contribution in [0.5, 0.6) is 5.75 Å². The highest BCUT2D eigenvalue weighted by atomic mass is 32.2. The molecule has 122 valence electrons. The Morgan fingerprint density at radius 2 is 2.14 bits per heavy atom. The third-order valence-electron chi connectivity index (χ3n) is 4.17. The second-order valence-electron chi connectivity index (χ2n) is 5.62. The lowest BCUT2D eigenvalue weighted by Gasteiger charge is -2.18. The number of rotatable bonds is 7. The summed E-state index contributed by atoms with van der Waals surface area (Å²) < 4.78 is 32.4. The summed E-state index contributed by atoms with van der Waals surface area (Å²) in [6.07, 6.45) is 3.10. The quantitative estimate of drug-likeness (QED) is 0.719. The van der Waals surface area contributed by atoms with Crippen LogP contribution in [0, 0.1) is 5.92 Å². The van der Waals surface area contributed by atoms with Crippen LogP contribution in [-0.2, 0) is 25.5 Å². The summed E-state index contributed by atoms with van der Waals surface area (Å²) in [7, 11) is -1.91. The lowest BCUT2D eigenvalue weighted by atomic mass is 9.87. The lowest BCUT2D eigenvalue weighted by molar-refractivity contribution is -0.125. The molecule has 0 N–H and O–H groups in total. The summed E-state index contributed by atoms with van der Waals surface area (Å²) in [5.41, 5.74) is 2.09. The van der Waals surface area contributed by atoms with E-state index in [9.17, 15) is 13.2 Å². The van der Waals surface area contributed by atoms with Gasteiger partial charge in [0.15, 0.2) is 0 Å². The summed E-state index contributed by atoms with van der Waals surface area (Å²) in [5.74, 6) is 0.265. The minimum Gasteiger partial charge on any atom is -0.496 e. The lowest BCUT2D eigenvalue weighted by Crippen LogP contribution is -2.25. The molecule has 0 saturated heterocycles. The first kappa shape index (κ1) is 17.0. The molecule has 2 unspecified atom stereocenters. The van der Waals surface area contributed by atoms with Crippen LogP contribution >= 0.6 is 0 Å². The molecule has 22 heavy (non-hydrogen) atoms. The number of hydrogen-bond acceptors (Lipinski definition) is 5. The average Bonchev–Trinajstić information content (AvgIpc) is 2.90. The van der Waals surface area contributed by atoms with Crippen molar-refractivity contribution in [3.63, 3.8) is 0 Å². The van der Waals surface area contributed by atoms with E-state index in [0.29, 0.717) is 6.42 Å². The van der Waals surface area contributed by atoms with Crippen LogP contribution in [-0.4, -0.2) is 34.2 Å². The Balaban J connectivity index is 2.18. The standard InChI is InChI=1S/C16H22O5S/c1-4-11(10-21-22(3,18)19)16(17)14-9-8-13-12(14)6-5-7-15(13)20-2/h5-7,11,14H,4,8-10H2,1-3H3. The Bertz CT molecular complexity index is 651. The summed E-state index contributed by atoms with van der Waals surface area (Å²) in [6, 6.07) is 5.74. The first-order valence-corrected chi connectivity index (χ1v) is 9.23. The first-order chi connectivity index (χ1) is 10.4. The van der Waals surface area contributed by atoms with Crippen molar-refractivity contribution in [1.29, 1.82) is 0 Å². The van der Waals surface area contributed by atoms with Crippen molar-refractivity contribution in [3.8, 4) is 5.75 Å². The van der Waals surface area contributed by atoms with Gasteiger partial charge in [-0.1, -0.05) is 19.1 Å². The maximum absolute atomic E-state index is 12.7. The predicted molar refractivity (Wildman–Crippen MR) is 83.6 cm³/mol. The SMILES string of the molecule is CCC(COS(C)(=O)=O)C(=O)C1CCc2c(OC)cccc21. The fourth-order valence-corrected chi connectivity index (χ4v) is 3.41. The molecule has 0 aliphatic heterocycles. The smallest absolute Gasteiger partial charge is 0.264 e. The highest BCUT2D eigenvalue weighted by molar-refractivity contribution is 7.85. The Morgan fingerprint density at radius 3 is 2.73 bits per heavy atom. The molecule has 0 spiro atoms. The minimum absolute atomic E-state index is 0.0538. The Kier molecular flexibility index (Phi) is 5.24. The van der Waals surface area contributed by atoms with Gasteiger partial charge in [-0.2, -0.15) is 8.42 Å². The van der Waals surface area contributed by atoms with E-state index in [1.54, 1.807) is 7.11 Å². The fraction of sp³-hybridized carbons (Fsp3) is 0.562. The number of ether oxygens (including phenoxy) is 1. The Labute approximate surface area is 131 Å². The summed E-state index contributed by atoms with van der Waals surface area (Å²) in [4.78, 5) is 12.7. The van der Waals surface area contributed by atoms with Gasteiger partial charge in [-0.25, -0.2) is 0 Å². The fourth-order valence-electron chi connectivity index (χ4n) is 3.00. The monoisotopic (exact) mass is 326 g/mol. The molecule has 1 aliphatic rings. The van der Waals surface area contributed by atoms with Crippen molar-refractivity contribution >= 4 is 15.9 Å². The van der Waals surface area contributed by atoms with Gasteiger partial charge in [0.2, 0.25) is 0 Å². The van der Waals surface area contributed by atoms with E-state index in [4.69, 9.17) is 8.92 Å². The Morgan fingerprint density at radius 1 is 1.41 bits per heavy atom. The summed E-state index contributed by atoms with van der Waals surface area (Å²) >= 11 is 0. The zero-order chi connectivity index (χ0) is 16.3. The molecule has 0 radical (unpaired) electrons. The van der Waals surface area contributed by atoms with Crippen molar-refractivity contribution in [2.75, 3.05) is 20.0 Å². The number of carbonyl (C=O) groups is 1. The van der Waals surface area contributed by atoms with Gasteiger partial charge in [-0.05, 0) is 36.5 Å². The number of carbonyl (C=O) groups excluding carboxylic acids is 1. The first-order valence-electron chi connectivity index (χ1n) is 7.41. The molecule has 2 atom stereocenters. The number of Topliss-reactive ketones (excluding diaryl/α,β-unsaturated/α-hetero) is 1. The number of benzene rings is 1. The normalized spacial score (nSPS) is 18.8. The second kappa shape index (κ2) is 6.79. The molecule has 0 heterocycles. The molecule has 5 nitrogen and oxygen atoms in total.